The molecule has 1 aliphatic rings. The van der Waals surface area contributed by atoms with Gasteiger partial charge >= 0.3 is 0 Å². The molecule has 4 heteroatoms. The van der Waals surface area contributed by atoms with E-state index in [4.69, 9.17) is 0 Å². The van der Waals surface area contributed by atoms with E-state index in [1.54, 1.807) is 11.3 Å². The van der Waals surface area contributed by atoms with Crippen LogP contribution in [0.15, 0.2) is 72.1 Å². The van der Waals surface area contributed by atoms with Gasteiger partial charge in [0.2, 0.25) is 5.91 Å². The number of carbonyl (C=O) groups is 1. The Hall–Kier alpha value is -2.43. The molecule has 1 aliphatic heterocycles. The third-order valence-electron chi connectivity index (χ3n) is 5.10. The van der Waals surface area contributed by atoms with Crippen molar-refractivity contribution in [3.8, 4) is 0 Å². The van der Waals surface area contributed by atoms with E-state index < -0.39 is 0 Å². The molecule has 3 nitrogen and oxygen atoms in total. The van der Waals surface area contributed by atoms with Crippen molar-refractivity contribution in [2.75, 3.05) is 20.1 Å². The van der Waals surface area contributed by atoms with E-state index in [2.05, 4.69) is 57.6 Å². The number of rotatable bonds is 5. The fraction of sp³-hybridized carbons (Fsp3) is 0.261. The second-order valence-corrected chi connectivity index (χ2v) is 8.11. The molecule has 0 spiro atoms. The molecule has 138 valence electrons. The summed E-state index contributed by atoms with van der Waals surface area (Å²) in [6.07, 6.45) is 0.949. The van der Waals surface area contributed by atoms with Crippen LogP contribution in [-0.4, -0.2) is 35.8 Å². The van der Waals surface area contributed by atoms with Gasteiger partial charge in [-0.15, -0.1) is 11.3 Å². The molecule has 0 bridgehead atoms. The zero-order valence-electron chi connectivity index (χ0n) is 15.5. The molecule has 0 unspecified atom stereocenters. The van der Waals surface area contributed by atoms with Crippen LogP contribution in [0.2, 0.25) is 0 Å². The highest BCUT2D eigenvalue weighted by molar-refractivity contribution is 7.10. The van der Waals surface area contributed by atoms with Gasteiger partial charge in [-0.25, -0.2) is 0 Å². The van der Waals surface area contributed by atoms with Crippen molar-refractivity contribution in [2.24, 2.45) is 0 Å². The number of hydrogen-bond donors (Lipinski definition) is 0. The Kier molecular flexibility index (Phi) is 5.37. The van der Waals surface area contributed by atoms with Gasteiger partial charge in [0, 0.05) is 18.0 Å². The maximum Gasteiger partial charge on any atom is 0.237 e. The average molecular weight is 377 g/mol. The molecule has 0 aliphatic carbocycles. The monoisotopic (exact) mass is 376 g/mol. The van der Waals surface area contributed by atoms with Crippen molar-refractivity contribution in [3.05, 3.63) is 93.7 Å². The molecule has 0 saturated carbocycles. The summed E-state index contributed by atoms with van der Waals surface area (Å²) in [4.78, 5) is 18.8. The molecule has 3 aromatic rings. The molecule has 27 heavy (non-hydrogen) atoms. The number of thiophene rings is 1. The summed E-state index contributed by atoms with van der Waals surface area (Å²) >= 11 is 1.80. The molecule has 0 fully saturated rings. The SMILES string of the molecule is CN(CC(=O)N1CCc2sccc2[C@H]1c1ccccc1)Cc1ccccc1. The maximum atomic E-state index is 13.2. The number of benzene rings is 2. The lowest BCUT2D eigenvalue weighted by atomic mass is 9.93. The van der Waals surface area contributed by atoms with E-state index in [0.717, 1.165) is 19.5 Å². The minimum atomic E-state index is 0.0267. The third-order valence-corrected chi connectivity index (χ3v) is 6.10. The second kappa shape index (κ2) is 8.07. The number of amides is 1. The fourth-order valence-electron chi connectivity index (χ4n) is 3.85. The molecule has 4 rings (SSSR count). The van der Waals surface area contributed by atoms with Crippen molar-refractivity contribution in [2.45, 2.75) is 19.0 Å². The van der Waals surface area contributed by atoms with Crippen LogP contribution >= 0.6 is 11.3 Å². The standard InChI is InChI=1S/C23H24N2OS/c1-24(16-18-8-4-2-5-9-18)17-22(26)25-14-12-21-20(13-15-27-21)23(25)19-10-6-3-7-11-19/h2-11,13,15,23H,12,14,16-17H2,1H3/t23-/m1/s1. The number of nitrogens with zero attached hydrogens (tertiary/aromatic N) is 2. The third kappa shape index (κ3) is 3.97. The maximum absolute atomic E-state index is 13.2. The van der Waals surface area contributed by atoms with Crippen LogP contribution in [0.1, 0.15) is 27.6 Å². The smallest absolute Gasteiger partial charge is 0.237 e. The molecule has 0 saturated heterocycles. The summed E-state index contributed by atoms with van der Waals surface area (Å²) in [5, 5.41) is 2.15. The van der Waals surface area contributed by atoms with E-state index in [1.807, 2.05) is 31.3 Å². The molecule has 0 N–H and O–H groups in total. The van der Waals surface area contributed by atoms with Gasteiger partial charge in [-0.2, -0.15) is 0 Å². The van der Waals surface area contributed by atoms with Crippen molar-refractivity contribution in [3.63, 3.8) is 0 Å². The highest BCUT2D eigenvalue weighted by Crippen LogP contribution is 2.37. The predicted octanol–water partition coefficient (Wildman–Crippen LogP) is 4.35. The number of likely N-dealkylation sites (N-methyl/N-ethyl adjacent to an activating group) is 1. The minimum Gasteiger partial charge on any atom is -0.330 e. The van der Waals surface area contributed by atoms with Gasteiger partial charge in [0.05, 0.1) is 12.6 Å². The largest absolute Gasteiger partial charge is 0.330 e. The first kappa shape index (κ1) is 18.0. The van der Waals surface area contributed by atoms with Gasteiger partial charge in [-0.3, -0.25) is 9.69 Å². The quantitative estimate of drug-likeness (QED) is 0.661. The van der Waals surface area contributed by atoms with Crippen LogP contribution in [0.25, 0.3) is 0 Å². The molecule has 2 heterocycles. The normalized spacial score (nSPS) is 16.4. The second-order valence-electron chi connectivity index (χ2n) is 7.11. The van der Waals surface area contributed by atoms with Gasteiger partial charge in [-0.1, -0.05) is 60.7 Å². The van der Waals surface area contributed by atoms with Crippen molar-refractivity contribution < 1.29 is 4.79 Å². The summed E-state index contributed by atoms with van der Waals surface area (Å²) in [6, 6.07) is 22.9. The number of carbonyl (C=O) groups excluding carboxylic acids is 1. The number of hydrogen-bond acceptors (Lipinski definition) is 3. The van der Waals surface area contributed by atoms with Crippen LogP contribution in [0.3, 0.4) is 0 Å². The Morgan fingerprint density at radius 2 is 1.78 bits per heavy atom. The van der Waals surface area contributed by atoms with Crippen molar-refractivity contribution in [1.82, 2.24) is 9.80 Å². The Bertz CT molecular complexity index is 891. The summed E-state index contributed by atoms with van der Waals surface area (Å²) < 4.78 is 0. The molecule has 0 radical (unpaired) electrons. The zero-order chi connectivity index (χ0) is 18.6. The lowest BCUT2D eigenvalue weighted by Crippen LogP contribution is -2.44. The van der Waals surface area contributed by atoms with Gasteiger partial charge in [0.25, 0.3) is 0 Å². The summed E-state index contributed by atoms with van der Waals surface area (Å²) in [7, 11) is 2.02. The molecule has 1 amide bonds. The van der Waals surface area contributed by atoms with Gasteiger partial charge in [0.1, 0.15) is 0 Å². The van der Waals surface area contributed by atoms with Crippen LogP contribution in [0.4, 0.5) is 0 Å². The Labute approximate surface area is 164 Å². The molecular formula is C23H24N2OS. The Morgan fingerprint density at radius 3 is 2.52 bits per heavy atom. The van der Waals surface area contributed by atoms with E-state index >= 15 is 0 Å². The van der Waals surface area contributed by atoms with Gasteiger partial charge < -0.3 is 4.90 Å². The number of fused-ring (bicyclic) bond motifs is 1. The van der Waals surface area contributed by atoms with E-state index in [0.29, 0.717) is 6.54 Å². The van der Waals surface area contributed by atoms with E-state index in [1.165, 1.54) is 21.6 Å². The zero-order valence-corrected chi connectivity index (χ0v) is 16.4. The van der Waals surface area contributed by atoms with Crippen LogP contribution in [-0.2, 0) is 17.8 Å². The molecular weight excluding hydrogens is 352 g/mol. The average Bonchev–Trinajstić information content (AvgIpc) is 3.17. The first-order chi connectivity index (χ1) is 13.2. The Balaban J connectivity index is 1.53. The van der Waals surface area contributed by atoms with Gasteiger partial charge in [0.15, 0.2) is 0 Å². The highest BCUT2D eigenvalue weighted by atomic mass is 32.1. The predicted molar refractivity (Wildman–Crippen MR) is 111 cm³/mol. The summed E-state index contributed by atoms with van der Waals surface area (Å²) in [6.45, 7) is 1.99. The van der Waals surface area contributed by atoms with Crippen LogP contribution in [0.5, 0.6) is 0 Å². The summed E-state index contributed by atoms with van der Waals surface area (Å²) in [5.41, 5.74) is 3.71. The van der Waals surface area contributed by atoms with E-state index in [9.17, 15) is 4.79 Å². The van der Waals surface area contributed by atoms with Gasteiger partial charge in [-0.05, 0) is 41.6 Å². The first-order valence-corrected chi connectivity index (χ1v) is 10.2. The minimum absolute atomic E-state index is 0.0267. The first-order valence-electron chi connectivity index (χ1n) is 9.35. The molecule has 2 aromatic carbocycles. The van der Waals surface area contributed by atoms with Crippen LogP contribution in [0, 0.1) is 0 Å². The van der Waals surface area contributed by atoms with E-state index in [-0.39, 0.29) is 11.9 Å². The fourth-order valence-corrected chi connectivity index (χ4v) is 4.76. The van der Waals surface area contributed by atoms with Crippen molar-refractivity contribution >= 4 is 17.2 Å². The molecule has 1 atom stereocenters. The van der Waals surface area contributed by atoms with Crippen molar-refractivity contribution in [1.29, 1.82) is 0 Å². The Morgan fingerprint density at radius 1 is 1.07 bits per heavy atom. The molecule has 1 aromatic heterocycles. The van der Waals surface area contributed by atoms with Crippen LogP contribution < -0.4 is 0 Å². The lowest BCUT2D eigenvalue weighted by Gasteiger charge is -2.37. The highest BCUT2D eigenvalue weighted by Gasteiger charge is 2.32. The lowest BCUT2D eigenvalue weighted by molar-refractivity contribution is -0.134. The topological polar surface area (TPSA) is 23.6 Å². The summed E-state index contributed by atoms with van der Waals surface area (Å²) in [5.74, 6) is 0.194.